The van der Waals surface area contributed by atoms with E-state index < -0.39 is 11.6 Å². The summed E-state index contributed by atoms with van der Waals surface area (Å²) in [6.07, 6.45) is 1.11. The van der Waals surface area contributed by atoms with Crippen LogP contribution in [0.15, 0.2) is 24.3 Å². The summed E-state index contributed by atoms with van der Waals surface area (Å²) in [4.78, 5) is 15.8. The van der Waals surface area contributed by atoms with Crippen LogP contribution in [-0.2, 0) is 22.4 Å². The Morgan fingerprint density at radius 1 is 1.19 bits per heavy atom. The molecule has 4 rings (SSSR count). The number of benzene rings is 1. The molecule has 2 fully saturated rings. The maximum Gasteiger partial charge on any atom is 0.241 e. The Kier molecular flexibility index (Phi) is 4.77. The van der Waals surface area contributed by atoms with Crippen LogP contribution in [0.2, 0.25) is 0 Å². The summed E-state index contributed by atoms with van der Waals surface area (Å²) in [5, 5.41) is 16.4. The van der Waals surface area contributed by atoms with Crippen molar-refractivity contribution >= 4 is 5.91 Å². The predicted molar refractivity (Wildman–Crippen MR) is 99.0 cm³/mol. The summed E-state index contributed by atoms with van der Waals surface area (Å²) in [6.45, 7) is 6.78. The number of hydrogen-bond donors (Lipinski definition) is 3. The van der Waals surface area contributed by atoms with Gasteiger partial charge in [-0.3, -0.25) is 9.69 Å². The second kappa shape index (κ2) is 6.93. The number of carbonyl (C=O) groups is 1. The van der Waals surface area contributed by atoms with E-state index in [1.807, 2.05) is 12.1 Å². The molecule has 2 saturated heterocycles. The van der Waals surface area contributed by atoms with Crippen LogP contribution in [0, 0.1) is 0 Å². The van der Waals surface area contributed by atoms with Gasteiger partial charge in [-0.2, -0.15) is 0 Å². The average Bonchev–Trinajstić information content (AvgIpc) is 3.18. The highest BCUT2D eigenvalue weighted by Crippen LogP contribution is 2.37. The van der Waals surface area contributed by atoms with E-state index in [1.165, 1.54) is 11.1 Å². The first-order chi connectivity index (χ1) is 12.5. The molecule has 1 amide bonds. The molecule has 1 aliphatic carbocycles. The molecule has 142 valence electrons. The number of rotatable bonds is 3. The van der Waals surface area contributed by atoms with Crippen molar-refractivity contribution in [2.45, 2.75) is 56.6 Å². The van der Waals surface area contributed by atoms with Crippen molar-refractivity contribution in [2.75, 3.05) is 26.2 Å². The van der Waals surface area contributed by atoms with Crippen molar-refractivity contribution < 1.29 is 14.6 Å². The van der Waals surface area contributed by atoms with Gasteiger partial charge in [0.1, 0.15) is 5.54 Å². The van der Waals surface area contributed by atoms with Crippen LogP contribution in [0.1, 0.15) is 25.0 Å². The Balaban J connectivity index is 1.63. The maximum absolute atomic E-state index is 13.5. The van der Waals surface area contributed by atoms with Crippen LogP contribution < -0.4 is 10.6 Å². The Bertz CT molecular complexity index is 645. The number of fused-ring (bicyclic) bond motifs is 1. The van der Waals surface area contributed by atoms with Gasteiger partial charge in [0.25, 0.3) is 0 Å². The Hall–Kier alpha value is -1.47. The third-order valence-electron chi connectivity index (χ3n) is 6.03. The molecule has 6 nitrogen and oxygen atoms in total. The number of carbonyl (C=O) groups excluding carboxylic acids is 1. The average molecular weight is 359 g/mol. The van der Waals surface area contributed by atoms with E-state index in [4.69, 9.17) is 4.74 Å². The lowest BCUT2D eigenvalue weighted by atomic mass is 9.89. The molecular weight excluding hydrogens is 330 g/mol. The van der Waals surface area contributed by atoms with Gasteiger partial charge in [-0.05, 0) is 25.0 Å². The molecule has 26 heavy (non-hydrogen) atoms. The third-order valence-corrected chi connectivity index (χ3v) is 6.03. The van der Waals surface area contributed by atoms with Crippen LogP contribution in [0.25, 0.3) is 0 Å². The van der Waals surface area contributed by atoms with Crippen molar-refractivity contribution in [1.82, 2.24) is 15.5 Å². The number of hydrogen-bond acceptors (Lipinski definition) is 5. The molecule has 0 saturated carbocycles. The quantitative estimate of drug-likeness (QED) is 0.713. The van der Waals surface area contributed by atoms with Gasteiger partial charge in [-0.25, -0.2) is 0 Å². The van der Waals surface area contributed by atoms with Crippen LogP contribution in [0.4, 0.5) is 0 Å². The molecular formula is C20H29N3O3. The predicted octanol–water partition coefficient (Wildman–Crippen LogP) is 0.0821. The van der Waals surface area contributed by atoms with E-state index >= 15 is 0 Å². The largest absolute Gasteiger partial charge is 0.390 e. The minimum absolute atomic E-state index is 0.0303. The standard InChI is InChI=1S/C20H29N3O3/c1-13-11-23(12-14(2)26-13)20(7-15-5-3-4-6-16(15)8-20)19(25)22-17-9-21-10-18(17)24/h3-6,13-14,17-18,21,24H,7-12H2,1-2H3,(H,22,25)/t13-,14+,17-,18-/m1/s1. The fraction of sp³-hybridized carbons (Fsp3) is 0.650. The highest BCUT2D eigenvalue weighted by atomic mass is 16.5. The highest BCUT2D eigenvalue weighted by Gasteiger charge is 2.50. The second-order valence-corrected chi connectivity index (χ2v) is 8.12. The Labute approximate surface area is 154 Å². The monoisotopic (exact) mass is 359 g/mol. The van der Waals surface area contributed by atoms with Gasteiger partial charge >= 0.3 is 0 Å². The number of nitrogens with zero attached hydrogens (tertiary/aromatic N) is 1. The van der Waals surface area contributed by atoms with Crippen LogP contribution in [0.3, 0.4) is 0 Å². The first-order valence-electron chi connectivity index (χ1n) is 9.65. The van der Waals surface area contributed by atoms with E-state index in [9.17, 15) is 9.90 Å². The number of nitrogens with one attached hydrogen (secondary N) is 2. The number of ether oxygens (including phenoxy) is 1. The van der Waals surface area contributed by atoms with E-state index in [2.05, 4.69) is 41.5 Å². The van der Waals surface area contributed by atoms with Gasteiger partial charge in [-0.1, -0.05) is 24.3 Å². The Morgan fingerprint density at radius 3 is 2.35 bits per heavy atom. The van der Waals surface area contributed by atoms with Crippen LogP contribution in [0.5, 0.6) is 0 Å². The van der Waals surface area contributed by atoms with Gasteiger partial charge in [0.2, 0.25) is 5.91 Å². The van der Waals surface area contributed by atoms with Crippen LogP contribution in [-0.4, -0.2) is 72.0 Å². The molecule has 3 N–H and O–H groups in total. The summed E-state index contributed by atoms with van der Waals surface area (Å²) in [6, 6.07) is 8.12. The number of aliphatic hydroxyl groups is 1. The summed E-state index contributed by atoms with van der Waals surface area (Å²) in [7, 11) is 0. The van der Waals surface area contributed by atoms with E-state index in [0.29, 0.717) is 25.9 Å². The minimum Gasteiger partial charge on any atom is -0.390 e. The highest BCUT2D eigenvalue weighted by molar-refractivity contribution is 5.88. The SMILES string of the molecule is C[C@@H]1CN(C2(C(=O)N[C@@H]3CNC[C@H]3O)Cc3ccccc3C2)C[C@H](C)O1. The molecule has 4 atom stereocenters. The van der Waals surface area contributed by atoms with Gasteiger partial charge in [0, 0.05) is 39.0 Å². The lowest BCUT2D eigenvalue weighted by Crippen LogP contribution is -2.66. The zero-order chi connectivity index (χ0) is 18.3. The van der Waals surface area contributed by atoms with E-state index in [-0.39, 0.29) is 24.2 Å². The van der Waals surface area contributed by atoms with E-state index in [0.717, 1.165) is 13.1 Å². The first-order valence-corrected chi connectivity index (χ1v) is 9.65. The van der Waals surface area contributed by atoms with Crippen molar-refractivity contribution in [1.29, 1.82) is 0 Å². The summed E-state index contributed by atoms with van der Waals surface area (Å²) in [5.41, 5.74) is 1.90. The smallest absolute Gasteiger partial charge is 0.241 e. The summed E-state index contributed by atoms with van der Waals surface area (Å²) in [5.74, 6) is 0.0303. The molecule has 1 aromatic carbocycles. The topological polar surface area (TPSA) is 73.8 Å². The normalized spacial score (nSPS) is 33.8. The van der Waals surface area contributed by atoms with Crippen molar-refractivity contribution in [3.05, 3.63) is 35.4 Å². The molecule has 2 heterocycles. The van der Waals surface area contributed by atoms with Gasteiger partial charge < -0.3 is 20.5 Å². The molecule has 3 aliphatic rings. The number of β-amino-alcohol motifs (C(OH)–C–C–N with tert-alkyl or cyclic N) is 1. The number of aliphatic hydroxyl groups excluding tert-OH is 1. The van der Waals surface area contributed by atoms with E-state index in [1.54, 1.807) is 0 Å². The van der Waals surface area contributed by atoms with Gasteiger partial charge in [-0.15, -0.1) is 0 Å². The minimum atomic E-state index is -0.599. The zero-order valence-electron chi connectivity index (χ0n) is 15.6. The molecule has 6 heteroatoms. The zero-order valence-corrected chi connectivity index (χ0v) is 15.6. The summed E-state index contributed by atoms with van der Waals surface area (Å²) >= 11 is 0. The van der Waals surface area contributed by atoms with Gasteiger partial charge in [0.15, 0.2) is 0 Å². The fourth-order valence-electron chi connectivity index (χ4n) is 4.77. The number of amides is 1. The van der Waals surface area contributed by atoms with Crippen molar-refractivity contribution in [3.8, 4) is 0 Å². The van der Waals surface area contributed by atoms with Gasteiger partial charge in [0.05, 0.1) is 24.4 Å². The molecule has 0 unspecified atom stereocenters. The van der Waals surface area contributed by atoms with Crippen molar-refractivity contribution in [3.63, 3.8) is 0 Å². The second-order valence-electron chi connectivity index (χ2n) is 8.12. The first kappa shape index (κ1) is 17.9. The molecule has 1 aromatic rings. The Morgan fingerprint density at radius 2 is 1.81 bits per heavy atom. The molecule has 0 spiro atoms. The third kappa shape index (κ3) is 3.16. The molecule has 0 radical (unpaired) electrons. The number of morpholine rings is 1. The lowest BCUT2D eigenvalue weighted by molar-refractivity contribution is -0.145. The maximum atomic E-state index is 13.5. The van der Waals surface area contributed by atoms with Crippen molar-refractivity contribution in [2.24, 2.45) is 0 Å². The molecule has 0 bridgehead atoms. The lowest BCUT2D eigenvalue weighted by Gasteiger charge is -2.46. The molecule has 0 aromatic heterocycles. The fourth-order valence-corrected chi connectivity index (χ4v) is 4.77. The van der Waals surface area contributed by atoms with Crippen LogP contribution >= 0.6 is 0 Å². The molecule has 2 aliphatic heterocycles. The summed E-state index contributed by atoms with van der Waals surface area (Å²) < 4.78 is 5.90.